The lowest BCUT2D eigenvalue weighted by atomic mass is 9.93. The smallest absolute Gasteiger partial charge is 0.159 e. The highest BCUT2D eigenvalue weighted by atomic mass is 16.1. The molecule has 122 valence electrons. The minimum Gasteiger partial charge on any atom is -0.295 e. The van der Waals surface area contributed by atoms with E-state index < -0.39 is 0 Å². The SMILES string of the molecule is CC(=O)c1cccc(C2=CC3CCC(C2)N3Cc2ccccc2)c1. The van der Waals surface area contributed by atoms with E-state index in [-0.39, 0.29) is 5.78 Å². The Morgan fingerprint density at radius 2 is 1.92 bits per heavy atom. The number of carbonyl (C=O) groups is 1. The molecule has 2 atom stereocenters. The number of benzene rings is 2. The Balaban J connectivity index is 1.58. The van der Waals surface area contributed by atoms with Crippen molar-refractivity contribution in [2.24, 2.45) is 0 Å². The molecule has 2 aliphatic heterocycles. The Hall–Kier alpha value is -2.19. The van der Waals surface area contributed by atoms with E-state index in [1.807, 2.05) is 12.1 Å². The molecule has 4 rings (SSSR count). The second-order valence-corrected chi connectivity index (χ2v) is 6.99. The van der Waals surface area contributed by atoms with Crippen molar-refractivity contribution < 1.29 is 4.79 Å². The Bertz CT molecular complexity index is 778. The largest absolute Gasteiger partial charge is 0.295 e. The molecule has 0 spiro atoms. The van der Waals surface area contributed by atoms with Crippen molar-refractivity contribution in [3.8, 4) is 0 Å². The molecule has 1 fully saturated rings. The van der Waals surface area contributed by atoms with Gasteiger partial charge in [-0.25, -0.2) is 0 Å². The van der Waals surface area contributed by atoms with Crippen LogP contribution in [0, 0.1) is 0 Å². The van der Waals surface area contributed by atoms with Gasteiger partial charge < -0.3 is 0 Å². The van der Waals surface area contributed by atoms with Gasteiger partial charge in [-0.1, -0.05) is 54.6 Å². The van der Waals surface area contributed by atoms with Crippen LogP contribution >= 0.6 is 0 Å². The molecule has 24 heavy (non-hydrogen) atoms. The molecule has 0 radical (unpaired) electrons. The number of carbonyl (C=O) groups excluding carboxylic acids is 1. The van der Waals surface area contributed by atoms with Crippen molar-refractivity contribution in [1.82, 2.24) is 4.90 Å². The van der Waals surface area contributed by atoms with Crippen LogP contribution in [0.4, 0.5) is 0 Å². The van der Waals surface area contributed by atoms with E-state index in [4.69, 9.17) is 0 Å². The van der Waals surface area contributed by atoms with Crippen LogP contribution in [0.5, 0.6) is 0 Å². The first-order chi connectivity index (χ1) is 11.7. The molecular weight excluding hydrogens is 294 g/mol. The summed E-state index contributed by atoms with van der Waals surface area (Å²) in [5.74, 6) is 0.141. The molecule has 1 saturated heterocycles. The lowest BCUT2D eigenvalue weighted by molar-refractivity contribution is 0.101. The molecule has 2 aromatic carbocycles. The molecule has 2 nitrogen and oxygen atoms in total. The molecule has 2 heteroatoms. The van der Waals surface area contributed by atoms with Gasteiger partial charge in [0.05, 0.1) is 0 Å². The van der Waals surface area contributed by atoms with Gasteiger partial charge in [-0.15, -0.1) is 0 Å². The highest BCUT2D eigenvalue weighted by Gasteiger charge is 2.36. The fourth-order valence-corrected chi connectivity index (χ4v) is 4.11. The summed E-state index contributed by atoms with van der Waals surface area (Å²) in [4.78, 5) is 14.3. The predicted molar refractivity (Wildman–Crippen MR) is 97.8 cm³/mol. The number of hydrogen-bond acceptors (Lipinski definition) is 2. The molecule has 0 amide bonds. The summed E-state index contributed by atoms with van der Waals surface area (Å²) in [6, 6.07) is 20.0. The van der Waals surface area contributed by atoms with Crippen LogP contribution in [-0.2, 0) is 6.54 Å². The third-order valence-corrected chi connectivity index (χ3v) is 5.39. The monoisotopic (exact) mass is 317 g/mol. The standard InChI is InChI=1S/C22H23NO/c1-16(24)18-8-5-9-19(12-18)20-13-21-10-11-22(14-20)23(21)15-17-6-3-2-4-7-17/h2-9,12-13,21-22H,10-11,14-15H2,1H3. The fourth-order valence-electron chi connectivity index (χ4n) is 4.11. The second-order valence-electron chi connectivity index (χ2n) is 6.99. The van der Waals surface area contributed by atoms with Crippen LogP contribution < -0.4 is 0 Å². The van der Waals surface area contributed by atoms with Gasteiger partial charge in [0.25, 0.3) is 0 Å². The zero-order chi connectivity index (χ0) is 16.5. The molecule has 2 heterocycles. The van der Waals surface area contributed by atoms with Crippen LogP contribution in [0.15, 0.2) is 60.7 Å². The van der Waals surface area contributed by atoms with Crippen LogP contribution in [0.3, 0.4) is 0 Å². The van der Waals surface area contributed by atoms with Gasteiger partial charge in [0, 0.05) is 24.2 Å². The van der Waals surface area contributed by atoms with Crippen molar-refractivity contribution in [2.45, 2.75) is 44.8 Å². The summed E-state index contributed by atoms with van der Waals surface area (Å²) in [5, 5.41) is 0. The Morgan fingerprint density at radius 1 is 1.08 bits per heavy atom. The van der Waals surface area contributed by atoms with Gasteiger partial charge >= 0.3 is 0 Å². The normalized spacial score (nSPS) is 23.1. The molecule has 0 saturated carbocycles. The van der Waals surface area contributed by atoms with Crippen molar-refractivity contribution in [2.75, 3.05) is 0 Å². The first-order valence-corrected chi connectivity index (χ1v) is 8.82. The minimum atomic E-state index is 0.141. The lowest BCUT2D eigenvalue weighted by Gasteiger charge is -2.34. The van der Waals surface area contributed by atoms with Gasteiger partial charge in [0.2, 0.25) is 0 Å². The van der Waals surface area contributed by atoms with Crippen LogP contribution in [0.2, 0.25) is 0 Å². The average Bonchev–Trinajstić information content (AvgIpc) is 2.84. The van der Waals surface area contributed by atoms with Gasteiger partial charge in [0.1, 0.15) is 0 Å². The maximum absolute atomic E-state index is 11.6. The van der Waals surface area contributed by atoms with Gasteiger partial charge in [-0.05, 0) is 49.0 Å². The number of ketones is 1. The van der Waals surface area contributed by atoms with Crippen molar-refractivity contribution in [3.05, 3.63) is 77.4 Å². The third kappa shape index (κ3) is 2.94. The predicted octanol–water partition coefficient (Wildman–Crippen LogP) is 4.71. The molecule has 0 N–H and O–H groups in total. The lowest BCUT2D eigenvalue weighted by Crippen LogP contribution is -2.37. The summed E-state index contributed by atoms with van der Waals surface area (Å²) < 4.78 is 0. The highest BCUT2D eigenvalue weighted by molar-refractivity contribution is 5.95. The van der Waals surface area contributed by atoms with Crippen LogP contribution in [0.1, 0.15) is 47.7 Å². The third-order valence-electron chi connectivity index (χ3n) is 5.39. The van der Waals surface area contributed by atoms with Crippen molar-refractivity contribution in [3.63, 3.8) is 0 Å². The highest BCUT2D eigenvalue weighted by Crippen LogP contribution is 2.39. The number of nitrogens with zero attached hydrogens (tertiary/aromatic N) is 1. The average molecular weight is 317 g/mol. The maximum atomic E-state index is 11.6. The van der Waals surface area contributed by atoms with Crippen molar-refractivity contribution >= 4 is 11.4 Å². The zero-order valence-corrected chi connectivity index (χ0v) is 14.1. The Kier molecular flexibility index (Phi) is 4.07. The number of rotatable bonds is 4. The number of hydrogen-bond donors (Lipinski definition) is 0. The Morgan fingerprint density at radius 3 is 2.67 bits per heavy atom. The van der Waals surface area contributed by atoms with E-state index in [1.54, 1.807) is 6.92 Å². The summed E-state index contributed by atoms with van der Waals surface area (Å²) in [6.07, 6.45) is 6.04. The van der Waals surface area contributed by atoms with Gasteiger partial charge in [0.15, 0.2) is 5.78 Å². The van der Waals surface area contributed by atoms with E-state index in [9.17, 15) is 4.79 Å². The van der Waals surface area contributed by atoms with E-state index >= 15 is 0 Å². The molecule has 2 bridgehead atoms. The topological polar surface area (TPSA) is 20.3 Å². The summed E-state index contributed by atoms with van der Waals surface area (Å²) in [5.41, 5.74) is 4.84. The van der Waals surface area contributed by atoms with Crippen LogP contribution in [-0.4, -0.2) is 22.8 Å². The maximum Gasteiger partial charge on any atom is 0.159 e. The summed E-state index contributed by atoms with van der Waals surface area (Å²) >= 11 is 0. The van der Waals surface area contributed by atoms with E-state index in [1.165, 1.54) is 29.5 Å². The first-order valence-electron chi connectivity index (χ1n) is 8.82. The molecule has 2 aliphatic rings. The Labute approximate surface area is 143 Å². The zero-order valence-electron chi connectivity index (χ0n) is 14.1. The van der Waals surface area contributed by atoms with Gasteiger partial charge in [-0.2, -0.15) is 0 Å². The molecule has 2 aromatic rings. The second kappa shape index (κ2) is 6.37. The number of Topliss-reactive ketones (excluding diaryl/α,β-unsaturated/α-hetero) is 1. The van der Waals surface area contributed by atoms with Crippen LogP contribution in [0.25, 0.3) is 5.57 Å². The van der Waals surface area contributed by atoms with E-state index in [0.29, 0.717) is 12.1 Å². The molecule has 2 unspecified atom stereocenters. The molecule has 0 aliphatic carbocycles. The summed E-state index contributed by atoms with van der Waals surface area (Å²) in [7, 11) is 0. The molecule has 0 aromatic heterocycles. The van der Waals surface area contributed by atoms with E-state index in [0.717, 1.165) is 18.5 Å². The first kappa shape index (κ1) is 15.3. The quantitative estimate of drug-likeness (QED) is 0.761. The van der Waals surface area contributed by atoms with Gasteiger partial charge in [-0.3, -0.25) is 9.69 Å². The fraction of sp³-hybridized carbons (Fsp3) is 0.318. The minimum absolute atomic E-state index is 0.141. The number of fused-ring (bicyclic) bond motifs is 2. The van der Waals surface area contributed by atoms with Crippen molar-refractivity contribution in [1.29, 1.82) is 0 Å². The molecular formula is C22H23NO. The summed E-state index contributed by atoms with van der Waals surface area (Å²) in [6.45, 7) is 2.67. The van der Waals surface area contributed by atoms with E-state index in [2.05, 4.69) is 53.4 Å².